The van der Waals surface area contributed by atoms with Crippen molar-refractivity contribution >= 4 is 17.8 Å². The Kier molecular flexibility index (Phi) is 7.43. The number of hydrogen-bond donors (Lipinski definition) is 2. The van der Waals surface area contributed by atoms with Crippen LogP contribution in [-0.2, 0) is 9.53 Å². The molecule has 11 heteroatoms. The molecule has 208 valence electrons. The van der Waals surface area contributed by atoms with E-state index < -0.39 is 24.0 Å². The molecular weight excluding hydrogens is 515 g/mol. The van der Waals surface area contributed by atoms with Gasteiger partial charge >= 0.3 is 6.09 Å². The first-order valence-corrected chi connectivity index (χ1v) is 13.2. The van der Waals surface area contributed by atoms with Crippen LogP contribution in [0, 0.1) is 17.2 Å². The van der Waals surface area contributed by atoms with E-state index in [1.807, 2.05) is 0 Å². The van der Waals surface area contributed by atoms with E-state index >= 15 is 0 Å². The third kappa shape index (κ3) is 6.22. The Bertz CT molecular complexity index is 1430. The second-order valence-corrected chi connectivity index (χ2v) is 11.1. The second-order valence-electron chi connectivity index (χ2n) is 11.1. The third-order valence-electron chi connectivity index (χ3n) is 6.90. The summed E-state index contributed by atoms with van der Waals surface area (Å²) in [6, 6.07) is 10.7. The zero-order valence-corrected chi connectivity index (χ0v) is 22.6. The topological polar surface area (TPSA) is 133 Å². The quantitative estimate of drug-likeness (QED) is 0.453. The van der Waals surface area contributed by atoms with Gasteiger partial charge in [0.15, 0.2) is 6.17 Å². The summed E-state index contributed by atoms with van der Waals surface area (Å²) in [6.07, 6.45) is 3.15. The number of nitrogens with zero attached hydrogens (tertiary/aromatic N) is 4. The molecule has 5 rings (SSSR count). The fraction of sp³-hybridized carbons (Fsp3) is 0.414. The van der Waals surface area contributed by atoms with E-state index in [1.54, 1.807) is 69.8 Å². The predicted octanol–water partition coefficient (Wildman–Crippen LogP) is 4.81. The van der Waals surface area contributed by atoms with Crippen LogP contribution in [0.3, 0.4) is 0 Å². The Morgan fingerprint density at radius 2 is 2.02 bits per heavy atom. The molecule has 40 heavy (non-hydrogen) atoms. The second kappa shape index (κ2) is 11.0. The minimum Gasteiger partial charge on any atom is -0.486 e. The van der Waals surface area contributed by atoms with Gasteiger partial charge in [-0.1, -0.05) is 6.07 Å². The summed E-state index contributed by atoms with van der Waals surface area (Å²) in [7, 11) is 0. The molecule has 1 aliphatic heterocycles. The number of benzene rings is 1. The van der Waals surface area contributed by atoms with Gasteiger partial charge in [-0.15, -0.1) is 0 Å². The number of nitrogens with one attached hydrogen (secondary N) is 2. The van der Waals surface area contributed by atoms with Crippen LogP contribution >= 0.6 is 0 Å². The number of pyridine rings is 1. The van der Waals surface area contributed by atoms with Crippen LogP contribution in [0.25, 0.3) is 11.1 Å². The maximum Gasteiger partial charge on any atom is 0.410 e. The first kappa shape index (κ1) is 27.1. The Balaban J connectivity index is 1.22. The Hall–Kier alpha value is -4.46. The highest BCUT2D eigenvalue weighted by Gasteiger charge is 2.45. The smallest absolute Gasteiger partial charge is 0.410 e. The van der Waals surface area contributed by atoms with Crippen molar-refractivity contribution in [1.82, 2.24) is 19.9 Å². The molecule has 0 radical (unpaired) electrons. The van der Waals surface area contributed by atoms with Crippen LogP contribution in [0.5, 0.6) is 5.75 Å². The maximum absolute atomic E-state index is 15.0. The lowest BCUT2D eigenvalue weighted by Crippen LogP contribution is -2.50. The summed E-state index contributed by atoms with van der Waals surface area (Å²) in [6.45, 7) is 5.42. The van der Waals surface area contributed by atoms with E-state index in [1.165, 1.54) is 4.90 Å². The van der Waals surface area contributed by atoms with Crippen LogP contribution in [0.2, 0.25) is 0 Å². The van der Waals surface area contributed by atoms with Crippen LogP contribution < -0.4 is 10.1 Å². The van der Waals surface area contributed by atoms with Crippen LogP contribution in [0.15, 0.2) is 49.1 Å². The lowest BCUT2D eigenvalue weighted by atomic mass is 10.0. The number of ether oxygens (including phenoxy) is 2. The molecule has 2 amide bonds. The molecule has 2 unspecified atom stereocenters. The minimum absolute atomic E-state index is 0.107. The molecule has 4 atom stereocenters. The fourth-order valence-corrected chi connectivity index (χ4v) is 4.77. The molecule has 3 heterocycles. The molecule has 1 aromatic carbocycles. The number of anilines is 1. The number of rotatable bonds is 6. The summed E-state index contributed by atoms with van der Waals surface area (Å²) in [5.74, 6) is 0.566. The number of piperidine rings is 1. The number of H-pyrrole nitrogens is 1. The van der Waals surface area contributed by atoms with Gasteiger partial charge in [0.2, 0.25) is 5.91 Å². The van der Waals surface area contributed by atoms with Gasteiger partial charge in [-0.05, 0) is 62.6 Å². The molecule has 0 bridgehead atoms. The minimum atomic E-state index is -1.43. The number of carbonyl (C=O) groups excluding carboxylic acids is 2. The molecule has 10 nitrogen and oxygen atoms in total. The highest BCUT2D eigenvalue weighted by Crippen LogP contribution is 2.47. The highest BCUT2D eigenvalue weighted by atomic mass is 19.1. The molecular formula is C29H31FN6O4. The summed E-state index contributed by atoms with van der Waals surface area (Å²) < 4.78 is 26.2. The molecule has 3 aromatic rings. The van der Waals surface area contributed by atoms with Crippen LogP contribution in [0.4, 0.5) is 15.0 Å². The van der Waals surface area contributed by atoms with E-state index in [9.17, 15) is 19.2 Å². The van der Waals surface area contributed by atoms with E-state index in [-0.39, 0.29) is 48.6 Å². The number of carbonyl (C=O) groups is 2. The van der Waals surface area contributed by atoms with Crippen molar-refractivity contribution in [3.63, 3.8) is 0 Å². The molecule has 1 saturated carbocycles. The van der Waals surface area contributed by atoms with Crippen LogP contribution in [-0.4, -0.2) is 62.8 Å². The van der Waals surface area contributed by atoms with Gasteiger partial charge in [-0.3, -0.25) is 4.79 Å². The number of halogens is 1. The lowest BCUT2D eigenvalue weighted by molar-refractivity contribution is -0.117. The van der Waals surface area contributed by atoms with Crippen LogP contribution in [0.1, 0.15) is 50.8 Å². The van der Waals surface area contributed by atoms with Gasteiger partial charge in [0.1, 0.15) is 29.3 Å². The van der Waals surface area contributed by atoms with E-state index in [4.69, 9.17) is 9.47 Å². The van der Waals surface area contributed by atoms with Gasteiger partial charge in [-0.25, -0.2) is 19.2 Å². The number of aromatic amines is 1. The largest absolute Gasteiger partial charge is 0.486 e. The number of likely N-dealkylation sites (tertiary alicyclic amines) is 1. The predicted molar refractivity (Wildman–Crippen MR) is 144 cm³/mol. The monoisotopic (exact) mass is 546 g/mol. The molecule has 2 N–H and O–H groups in total. The van der Waals surface area contributed by atoms with E-state index in [0.29, 0.717) is 5.82 Å². The Labute approximate surface area is 231 Å². The van der Waals surface area contributed by atoms with Crippen molar-refractivity contribution in [2.45, 2.75) is 57.4 Å². The van der Waals surface area contributed by atoms with Crippen molar-refractivity contribution < 1.29 is 23.5 Å². The van der Waals surface area contributed by atoms with Crippen molar-refractivity contribution in [3.8, 4) is 22.9 Å². The van der Waals surface area contributed by atoms with Crippen molar-refractivity contribution in [2.24, 2.45) is 5.92 Å². The van der Waals surface area contributed by atoms with Gasteiger partial charge < -0.3 is 24.7 Å². The molecule has 0 spiro atoms. The van der Waals surface area contributed by atoms with Crippen molar-refractivity contribution in [2.75, 3.05) is 18.4 Å². The lowest BCUT2D eigenvalue weighted by Gasteiger charge is -2.35. The van der Waals surface area contributed by atoms with E-state index in [0.717, 1.165) is 23.2 Å². The molecule has 1 aliphatic carbocycles. The Morgan fingerprint density at radius 3 is 2.73 bits per heavy atom. The summed E-state index contributed by atoms with van der Waals surface area (Å²) in [4.78, 5) is 37.7. The van der Waals surface area contributed by atoms with Gasteiger partial charge in [0, 0.05) is 42.9 Å². The average Bonchev–Trinajstić information content (AvgIpc) is 3.53. The number of imidazole rings is 1. The highest BCUT2D eigenvalue weighted by molar-refractivity contribution is 5.94. The summed E-state index contributed by atoms with van der Waals surface area (Å²) in [5.41, 5.74) is 2.01. The maximum atomic E-state index is 15.0. The molecule has 1 saturated heterocycles. The first-order chi connectivity index (χ1) is 19.1. The zero-order chi connectivity index (χ0) is 28.4. The normalized spacial score (nSPS) is 22.2. The Morgan fingerprint density at radius 1 is 1.23 bits per heavy atom. The standard InChI is InChI=1S/C29H31FN6O4/c1-29(2,3)40-28(38)36-9-7-25(22(30)15-36)39-24-5-4-17(10-19(24)13-31)18-6-8-33-26(11-18)35-27(37)21-12-20(21)23-14-32-16-34-23/h4-6,8,10-11,14,16,20-22,25H,7,9,12,15H2,1-3H3,(H,32,34)(H,33,35,37)/t20?,21?,22-,25+/m1/s1. The van der Waals surface area contributed by atoms with Gasteiger partial charge in [0.25, 0.3) is 0 Å². The fourth-order valence-electron chi connectivity index (χ4n) is 4.77. The van der Waals surface area contributed by atoms with Gasteiger partial charge in [0.05, 0.1) is 18.4 Å². The number of amides is 2. The molecule has 2 aliphatic rings. The number of nitriles is 1. The van der Waals surface area contributed by atoms with Gasteiger partial charge in [-0.2, -0.15) is 5.26 Å². The molecule has 2 aromatic heterocycles. The number of aromatic nitrogens is 3. The van der Waals surface area contributed by atoms with Crippen molar-refractivity contribution in [1.29, 1.82) is 5.26 Å². The zero-order valence-electron chi connectivity index (χ0n) is 22.6. The number of hydrogen-bond acceptors (Lipinski definition) is 7. The molecule has 2 fully saturated rings. The first-order valence-electron chi connectivity index (χ1n) is 13.2. The SMILES string of the molecule is CC(C)(C)OC(=O)N1CC[C@H](Oc2ccc(-c3ccnc(NC(=O)C4CC4c4cnc[nH]4)c3)cc2C#N)[C@H](F)C1. The number of alkyl halides is 1. The summed E-state index contributed by atoms with van der Waals surface area (Å²) in [5, 5.41) is 12.7. The third-order valence-corrected chi connectivity index (χ3v) is 6.90. The van der Waals surface area contributed by atoms with E-state index in [2.05, 4.69) is 26.3 Å². The summed E-state index contributed by atoms with van der Waals surface area (Å²) >= 11 is 0. The average molecular weight is 547 g/mol. The van der Waals surface area contributed by atoms with Crippen molar-refractivity contribution in [3.05, 3.63) is 60.3 Å².